The number of anilines is 2. The summed E-state index contributed by atoms with van der Waals surface area (Å²) in [6, 6.07) is 12.5. The standard InChI is InChI=1S/C20H24N6O2/c1-13(2)14-3-5-16(6-4-14)22-20(28)23-18-11-26(10-15(18)12-27)19-8-7-17(9-21)24-25-19/h3-8,13,15,18,27H,10-12H2,1-2H3,(H2,22,23,28)/t15-,18-/m1/s1. The number of hydrogen-bond donors (Lipinski definition) is 3. The van der Waals surface area contributed by atoms with Crippen LogP contribution in [-0.2, 0) is 0 Å². The molecule has 0 spiro atoms. The van der Waals surface area contributed by atoms with Crippen LogP contribution in [0, 0.1) is 17.2 Å². The van der Waals surface area contributed by atoms with Crippen molar-refractivity contribution in [2.75, 3.05) is 29.9 Å². The summed E-state index contributed by atoms with van der Waals surface area (Å²) in [6.07, 6.45) is 0. The minimum atomic E-state index is -0.312. The number of benzene rings is 1. The number of nitrogens with one attached hydrogen (secondary N) is 2. The van der Waals surface area contributed by atoms with Gasteiger partial charge in [0.05, 0.1) is 6.04 Å². The summed E-state index contributed by atoms with van der Waals surface area (Å²) in [5.74, 6) is 0.931. The molecule has 2 aromatic rings. The fourth-order valence-corrected chi connectivity index (χ4v) is 3.25. The van der Waals surface area contributed by atoms with Gasteiger partial charge in [-0.05, 0) is 35.7 Å². The molecule has 1 aromatic heterocycles. The first-order chi connectivity index (χ1) is 13.5. The molecule has 0 unspecified atom stereocenters. The van der Waals surface area contributed by atoms with Gasteiger partial charge in [0.25, 0.3) is 0 Å². The van der Waals surface area contributed by atoms with Crippen LogP contribution in [0.4, 0.5) is 16.3 Å². The average molecular weight is 380 g/mol. The molecule has 0 bridgehead atoms. The fraction of sp³-hybridized carbons (Fsp3) is 0.400. The molecule has 3 N–H and O–H groups in total. The second kappa shape index (κ2) is 8.67. The van der Waals surface area contributed by atoms with Crippen LogP contribution in [0.5, 0.6) is 0 Å². The first-order valence-electron chi connectivity index (χ1n) is 9.27. The number of hydrogen-bond acceptors (Lipinski definition) is 6. The van der Waals surface area contributed by atoms with E-state index in [0.29, 0.717) is 24.8 Å². The van der Waals surface area contributed by atoms with Gasteiger partial charge in [-0.3, -0.25) is 0 Å². The molecule has 0 aliphatic carbocycles. The Balaban J connectivity index is 1.60. The van der Waals surface area contributed by atoms with E-state index in [1.54, 1.807) is 12.1 Å². The predicted molar refractivity (Wildman–Crippen MR) is 106 cm³/mol. The maximum atomic E-state index is 12.4. The first-order valence-corrected chi connectivity index (χ1v) is 9.27. The van der Waals surface area contributed by atoms with Crippen LogP contribution in [0.1, 0.15) is 31.0 Å². The number of carbonyl (C=O) groups excluding carboxylic acids is 1. The van der Waals surface area contributed by atoms with E-state index in [1.807, 2.05) is 35.2 Å². The van der Waals surface area contributed by atoms with Crippen LogP contribution in [0.15, 0.2) is 36.4 Å². The van der Waals surface area contributed by atoms with Crippen molar-refractivity contribution in [3.8, 4) is 6.07 Å². The van der Waals surface area contributed by atoms with Gasteiger partial charge in [-0.25, -0.2) is 4.79 Å². The Labute approximate surface area is 164 Å². The zero-order valence-corrected chi connectivity index (χ0v) is 16.0. The number of amides is 2. The molecule has 2 heterocycles. The number of nitriles is 1. The number of urea groups is 1. The minimum Gasteiger partial charge on any atom is -0.396 e. The molecule has 1 aromatic carbocycles. The van der Waals surface area contributed by atoms with Crippen molar-refractivity contribution in [3.05, 3.63) is 47.7 Å². The van der Waals surface area contributed by atoms with E-state index in [1.165, 1.54) is 5.56 Å². The summed E-state index contributed by atoms with van der Waals surface area (Å²) < 4.78 is 0. The average Bonchev–Trinajstić information content (AvgIpc) is 3.11. The van der Waals surface area contributed by atoms with E-state index in [-0.39, 0.29) is 30.3 Å². The Morgan fingerprint density at radius 1 is 1.25 bits per heavy atom. The maximum absolute atomic E-state index is 12.4. The Bertz CT molecular complexity index is 844. The lowest BCUT2D eigenvalue weighted by atomic mass is 10.0. The van der Waals surface area contributed by atoms with Crippen molar-refractivity contribution in [1.82, 2.24) is 15.5 Å². The number of aliphatic hydroxyl groups is 1. The van der Waals surface area contributed by atoms with Crippen molar-refractivity contribution < 1.29 is 9.90 Å². The third-order valence-electron chi connectivity index (χ3n) is 4.92. The summed E-state index contributed by atoms with van der Waals surface area (Å²) in [5.41, 5.74) is 2.18. The van der Waals surface area contributed by atoms with Crippen molar-refractivity contribution in [2.45, 2.75) is 25.8 Å². The molecule has 0 radical (unpaired) electrons. The highest BCUT2D eigenvalue weighted by Crippen LogP contribution is 2.22. The van der Waals surface area contributed by atoms with Crippen molar-refractivity contribution in [3.63, 3.8) is 0 Å². The lowest BCUT2D eigenvalue weighted by molar-refractivity contribution is 0.211. The molecule has 2 amide bonds. The van der Waals surface area contributed by atoms with Crippen LogP contribution >= 0.6 is 0 Å². The van der Waals surface area contributed by atoms with Crippen LogP contribution in [-0.4, -0.2) is 47.1 Å². The monoisotopic (exact) mass is 380 g/mol. The van der Waals surface area contributed by atoms with Crippen LogP contribution in [0.3, 0.4) is 0 Å². The Kier molecular flexibility index (Phi) is 6.06. The van der Waals surface area contributed by atoms with Crippen molar-refractivity contribution in [2.24, 2.45) is 5.92 Å². The largest absolute Gasteiger partial charge is 0.396 e. The van der Waals surface area contributed by atoms with E-state index in [2.05, 4.69) is 34.7 Å². The van der Waals surface area contributed by atoms with Gasteiger partial charge in [-0.1, -0.05) is 26.0 Å². The second-order valence-corrected chi connectivity index (χ2v) is 7.22. The molecule has 1 aliphatic heterocycles. The zero-order valence-electron chi connectivity index (χ0n) is 16.0. The molecule has 8 heteroatoms. The summed E-state index contributed by atoms with van der Waals surface area (Å²) in [4.78, 5) is 14.3. The highest BCUT2D eigenvalue weighted by Gasteiger charge is 2.34. The fourth-order valence-electron chi connectivity index (χ4n) is 3.25. The summed E-state index contributed by atoms with van der Waals surface area (Å²) in [5, 5.41) is 32.2. The van der Waals surface area contributed by atoms with E-state index in [9.17, 15) is 9.90 Å². The van der Waals surface area contributed by atoms with Crippen molar-refractivity contribution in [1.29, 1.82) is 5.26 Å². The van der Waals surface area contributed by atoms with Gasteiger partial charge in [0.2, 0.25) is 0 Å². The summed E-state index contributed by atoms with van der Waals surface area (Å²) in [7, 11) is 0. The molecule has 1 aliphatic rings. The van der Waals surface area contributed by atoms with Gasteiger partial charge < -0.3 is 20.6 Å². The smallest absolute Gasteiger partial charge is 0.319 e. The van der Waals surface area contributed by atoms with Gasteiger partial charge >= 0.3 is 6.03 Å². The van der Waals surface area contributed by atoms with E-state index in [0.717, 1.165) is 5.69 Å². The number of nitrogens with zero attached hydrogens (tertiary/aromatic N) is 4. The van der Waals surface area contributed by atoms with Crippen LogP contribution in [0.25, 0.3) is 0 Å². The number of aromatic nitrogens is 2. The SMILES string of the molecule is CC(C)c1ccc(NC(=O)N[C@@H]2CN(c3ccc(C#N)nn3)C[C@@H]2CO)cc1. The van der Waals surface area contributed by atoms with Gasteiger partial charge in [-0.15, -0.1) is 10.2 Å². The molecule has 1 saturated heterocycles. The highest BCUT2D eigenvalue weighted by atomic mass is 16.3. The first kappa shape index (κ1) is 19.6. The molecule has 1 fully saturated rings. The van der Waals surface area contributed by atoms with Crippen LogP contribution in [0.2, 0.25) is 0 Å². The Morgan fingerprint density at radius 3 is 2.57 bits per heavy atom. The molecular weight excluding hydrogens is 356 g/mol. The molecule has 2 atom stereocenters. The molecule has 3 rings (SSSR count). The number of aliphatic hydroxyl groups excluding tert-OH is 1. The number of rotatable bonds is 5. The Morgan fingerprint density at radius 2 is 2.00 bits per heavy atom. The Hall–Kier alpha value is -3.18. The minimum absolute atomic E-state index is 0.0474. The summed E-state index contributed by atoms with van der Waals surface area (Å²) in [6.45, 7) is 5.24. The van der Waals surface area contributed by atoms with E-state index in [4.69, 9.17) is 5.26 Å². The van der Waals surface area contributed by atoms with Gasteiger partial charge in [0.1, 0.15) is 6.07 Å². The molecule has 146 valence electrons. The lowest BCUT2D eigenvalue weighted by Gasteiger charge is -2.18. The normalized spacial score (nSPS) is 18.8. The van der Waals surface area contributed by atoms with E-state index < -0.39 is 0 Å². The van der Waals surface area contributed by atoms with Gasteiger partial charge in [-0.2, -0.15) is 5.26 Å². The molecule has 0 saturated carbocycles. The van der Waals surface area contributed by atoms with Gasteiger partial charge in [0, 0.05) is 31.3 Å². The third-order valence-corrected chi connectivity index (χ3v) is 4.92. The summed E-state index contributed by atoms with van der Waals surface area (Å²) >= 11 is 0. The quantitative estimate of drug-likeness (QED) is 0.732. The molecular formula is C20H24N6O2. The topological polar surface area (TPSA) is 114 Å². The molecule has 8 nitrogen and oxygen atoms in total. The molecule has 28 heavy (non-hydrogen) atoms. The van der Waals surface area contributed by atoms with Gasteiger partial charge in [0.15, 0.2) is 11.5 Å². The predicted octanol–water partition coefficient (Wildman–Crippen LogP) is 2.09. The van der Waals surface area contributed by atoms with Crippen molar-refractivity contribution >= 4 is 17.5 Å². The lowest BCUT2D eigenvalue weighted by Crippen LogP contribution is -2.43. The highest BCUT2D eigenvalue weighted by molar-refractivity contribution is 5.89. The van der Waals surface area contributed by atoms with Crippen LogP contribution < -0.4 is 15.5 Å². The maximum Gasteiger partial charge on any atom is 0.319 e. The van der Waals surface area contributed by atoms with E-state index >= 15 is 0 Å². The zero-order chi connectivity index (χ0) is 20.1. The number of carbonyl (C=O) groups is 1. The second-order valence-electron chi connectivity index (χ2n) is 7.22. The third kappa shape index (κ3) is 4.56.